The van der Waals surface area contributed by atoms with Gasteiger partial charge in [0.15, 0.2) is 6.61 Å². The highest BCUT2D eigenvalue weighted by Gasteiger charge is 2.17. The highest BCUT2D eigenvalue weighted by Crippen LogP contribution is 2.18. The molecule has 130 valence electrons. The Morgan fingerprint density at radius 3 is 2.32 bits per heavy atom. The monoisotopic (exact) mass is 338 g/mol. The summed E-state index contributed by atoms with van der Waals surface area (Å²) in [5, 5.41) is 15.7. The molecule has 25 heavy (non-hydrogen) atoms. The van der Waals surface area contributed by atoms with Crippen LogP contribution in [0.5, 0.6) is 5.75 Å². The van der Waals surface area contributed by atoms with Crippen molar-refractivity contribution >= 4 is 11.6 Å². The first-order chi connectivity index (χ1) is 12.3. The first-order valence-electron chi connectivity index (χ1n) is 8.56. The predicted octanol–water partition coefficient (Wildman–Crippen LogP) is 3.35. The normalized spacial score (nSPS) is 15.1. The van der Waals surface area contributed by atoms with Crippen LogP contribution in [-0.4, -0.2) is 29.5 Å². The van der Waals surface area contributed by atoms with Gasteiger partial charge in [0.2, 0.25) is 0 Å². The van der Waals surface area contributed by atoms with Gasteiger partial charge >= 0.3 is 0 Å². The summed E-state index contributed by atoms with van der Waals surface area (Å²) >= 11 is 0. The molecule has 2 aromatic carbocycles. The van der Waals surface area contributed by atoms with E-state index in [1.807, 2.05) is 42.5 Å². The molecule has 1 saturated carbocycles. The summed E-state index contributed by atoms with van der Waals surface area (Å²) < 4.78 is 5.54. The smallest absolute Gasteiger partial charge is 0.258 e. The van der Waals surface area contributed by atoms with Gasteiger partial charge in [-0.05, 0) is 37.1 Å². The summed E-state index contributed by atoms with van der Waals surface area (Å²) in [6, 6.07) is 16.9. The summed E-state index contributed by atoms with van der Waals surface area (Å²) in [4.78, 5) is 11.9. The van der Waals surface area contributed by atoms with Crippen molar-refractivity contribution in [1.82, 2.24) is 5.32 Å². The predicted molar refractivity (Wildman–Crippen MR) is 96.2 cm³/mol. The molecule has 0 atom stereocenters. The number of nitrogens with zero attached hydrogens (tertiary/aromatic N) is 1. The van der Waals surface area contributed by atoms with Crippen LogP contribution in [0, 0.1) is 0 Å². The fraction of sp³-hybridized carbons (Fsp3) is 0.300. The molecule has 5 nitrogen and oxygen atoms in total. The first kappa shape index (κ1) is 17.0. The van der Waals surface area contributed by atoms with Gasteiger partial charge in [-0.25, -0.2) is 0 Å². The number of hydrogen-bond donors (Lipinski definition) is 2. The number of oxime groups is 1. The second-order valence-corrected chi connectivity index (χ2v) is 6.18. The molecule has 0 heterocycles. The lowest BCUT2D eigenvalue weighted by Gasteiger charge is -2.12. The van der Waals surface area contributed by atoms with Gasteiger partial charge in [0.25, 0.3) is 5.91 Å². The molecule has 0 aromatic heterocycles. The van der Waals surface area contributed by atoms with Crippen molar-refractivity contribution < 1.29 is 14.7 Å². The van der Waals surface area contributed by atoms with Crippen LogP contribution in [0.25, 0.3) is 0 Å². The van der Waals surface area contributed by atoms with Gasteiger partial charge < -0.3 is 15.3 Å². The van der Waals surface area contributed by atoms with Crippen molar-refractivity contribution in [3.8, 4) is 5.75 Å². The number of rotatable bonds is 6. The maximum absolute atomic E-state index is 11.9. The Labute approximate surface area is 147 Å². The van der Waals surface area contributed by atoms with Gasteiger partial charge in [0, 0.05) is 17.2 Å². The minimum atomic E-state index is -0.0853. The lowest BCUT2D eigenvalue weighted by Crippen LogP contribution is -2.36. The van der Waals surface area contributed by atoms with Crippen molar-refractivity contribution in [1.29, 1.82) is 0 Å². The number of nitrogens with one attached hydrogen (secondary N) is 1. The Morgan fingerprint density at radius 2 is 1.68 bits per heavy atom. The average Bonchev–Trinajstić information content (AvgIpc) is 3.15. The van der Waals surface area contributed by atoms with Gasteiger partial charge in [0.05, 0.1) is 0 Å². The number of benzene rings is 2. The standard InChI is InChI=1S/C20H22N2O3/c23-19(21-17-8-4-5-9-17)14-25-18-12-10-16(11-13-18)20(22-24)15-6-2-1-3-7-15/h1-3,6-7,10-13,17,24H,4-5,8-9,14H2,(H,21,23)/b22-20+. The maximum Gasteiger partial charge on any atom is 0.258 e. The average molecular weight is 338 g/mol. The number of carbonyl (C=O) groups is 1. The molecule has 1 aliphatic rings. The molecule has 0 unspecified atom stereocenters. The van der Waals surface area contributed by atoms with E-state index in [4.69, 9.17) is 4.74 Å². The quantitative estimate of drug-likeness (QED) is 0.482. The van der Waals surface area contributed by atoms with Crippen LogP contribution in [0.1, 0.15) is 36.8 Å². The van der Waals surface area contributed by atoms with Crippen LogP contribution in [0.3, 0.4) is 0 Å². The fourth-order valence-corrected chi connectivity index (χ4v) is 3.08. The molecular weight excluding hydrogens is 316 g/mol. The molecule has 2 N–H and O–H groups in total. The summed E-state index contributed by atoms with van der Waals surface area (Å²) in [6.45, 7) is 0.00940. The van der Waals surface area contributed by atoms with Crippen LogP contribution in [0.2, 0.25) is 0 Å². The van der Waals surface area contributed by atoms with Gasteiger partial charge in [-0.15, -0.1) is 0 Å². The molecule has 2 aromatic rings. The van der Waals surface area contributed by atoms with Crippen molar-refractivity contribution in [2.24, 2.45) is 5.16 Å². The summed E-state index contributed by atoms with van der Waals surface area (Å²) in [5.41, 5.74) is 2.09. The molecule has 1 fully saturated rings. The van der Waals surface area contributed by atoms with Gasteiger partial charge in [-0.2, -0.15) is 0 Å². The highest BCUT2D eigenvalue weighted by atomic mass is 16.5. The first-order valence-corrected chi connectivity index (χ1v) is 8.56. The Morgan fingerprint density at radius 1 is 1.04 bits per heavy atom. The number of hydrogen-bond acceptors (Lipinski definition) is 4. The Hall–Kier alpha value is -2.82. The molecule has 0 radical (unpaired) electrons. The molecule has 3 rings (SSSR count). The summed E-state index contributed by atoms with van der Waals surface area (Å²) in [5.74, 6) is 0.522. The highest BCUT2D eigenvalue weighted by molar-refractivity contribution is 6.12. The molecule has 0 bridgehead atoms. The van der Waals surface area contributed by atoms with Crippen molar-refractivity contribution in [3.05, 3.63) is 65.7 Å². The van der Waals surface area contributed by atoms with E-state index in [0.29, 0.717) is 17.5 Å². The Kier molecular flexibility index (Phi) is 5.67. The van der Waals surface area contributed by atoms with E-state index < -0.39 is 0 Å². The van der Waals surface area contributed by atoms with Crippen molar-refractivity contribution in [2.45, 2.75) is 31.7 Å². The second-order valence-electron chi connectivity index (χ2n) is 6.18. The minimum absolute atomic E-state index is 0.00940. The van der Waals surface area contributed by atoms with Crippen LogP contribution < -0.4 is 10.1 Å². The SMILES string of the molecule is O=C(COc1ccc(/C(=N/O)c2ccccc2)cc1)NC1CCCC1. The topological polar surface area (TPSA) is 70.9 Å². The van der Waals surface area contributed by atoms with Gasteiger partial charge in [0.1, 0.15) is 11.5 Å². The lowest BCUT2D eigenvalue weighted by molar-refractivity contribution is -0.123. The van der Waals surface area contributed by atoms with E-state index in [2.05, 4.69) is 10.5 Å². The maximum atomic E-state index is 11.9. The van der Waals surface area contributed by atoms with Crippen LogP contribution in [0.15, 0.2) is 59.8 Å². The second kappa shape index (κ2) is 8.33. The molecule has 5 heteroatoms. The van der Waals surface area contributed by atoms with Gasteiger partial charge in [-0.1, -0.05) is 48.3 Å². The van der Waals surface area contributed by atoms with E-state index >= 15 is 0 Å². The van der Waals surface area contributed by atoms with E-state index in [1.165, 1.54) is 12.8 Å². The van der Waals surface area contributed by atoms with Crippen LogP contribution in [0.4, 0.5) is 0 Å². The van der Waals surface area contributed by atoms with E-state index in [1.54, 1.807) is 12.1 Å². The molecule has 1 amide bonds. The van der Waals surface area contributed by atoms with Crippen LogP contribution in [-0.2, 0) is 4.79 Å². The third-order valence-electron chi connectivity index (χ3n) is 4.37. The van der Waals surface area contributed by atoms with Crippen molar-refractivity contribution in [2.75, 3.05) is 6.61 Å². The number of carbonyl (C=O) groups excluding carboxylic acids is 1. The Balaban J connectivity index is 1.57. The molecule has 0 spiro atoms. The number of ether oxygens (including phenoxy) is 1. The third-order valence-corrected chi connectivity index (χ3v) is 4.37. The zero-order valence-electron chi connectivity index (χ0n) is 14.0. The Bertz CT molecular complexity index is 720. The molecule has 0 aliphatic heterocycles. The van der Waals surface area contributed by atoms with E-state index in [-0.39, 0.29) is 12.5 Å². The molecule has 0 saturated heterocycles. The third kappa shape index (κ3) is 4.59. The number of amides is 1. The van der Waals surface area contributed by atoms with Crippen molar-refractivity contribution in [3.63, 3.8) is 0 Å². The molecule has 1 aliphatic carbocycles. The zero-order chi connectivity index (χ0) is 17.5. The summed E-state index contributed by atoms with van der Waals surface area (Å²) in [7, 11) is 0. The largest absolute Gasteiger partial charge is 0.484 e. The lowest BCUT2D eigenvalue weighted by atomic mass is 10.0. The fourth-order valence-electron chi connectivity index (χ4n) is 3.08. The van der Waals surface area contributed by atoms with E-state index in [0.717, 1.165) is 24.0 Å². The molecular formula is C20H22N2O3. The van der Waals surface area contributed by atoms with Crippen LogP contribution >= 0.6 is 0 Å². The minimum Gasteiger partial charge on any atom is -0.484 e. The van der Waals surface area contributed by atoms with Gasteiger partial charge in [-0.3, -0.25) is 4.79 Å². The van der Waals surface area contributed by atoms with E-state index in [9.17, 15) is 10.0 Å². The zero-order valence-corrected chi connectivity index (χ0v) is 14.0. The summed E-state index contributed by atoms with van der Waals surface area (Å²) in [6.07, 6.45) is 4.49.